The molecule has 0 aromatic heterocycles. The van der Waals surface area contributed by atoms with Crippen molar-refractivity contribution in [2.24, 2.45) is 0 Å². The highest BCUT2D eigenvalue weighted by molar-refractivity contribution is 14.1. The Morgan fingerprint density at radius 1 is 1.18 bits per heavy atom. The highest BCUT2D eigenvalue weighted by atomic mass is 127. The smallest absolute Gasteiger partial charge is 0.0322 e. The summed E-state index contributed by atoms with van der Waals surface area (Å²) in [7, 11) is 0. The van der Waals surface area contributed by atoms with Crippen molar-refractivity contribution in [3.8, 4) is 0 Å². The van der Waals surface area contributed by atoms with E-state index in [-0.39, 0.29) is 0 Å². The number of benzene rings is 1. The molecular weight excluding hydrogens is 430 g/mol. The number of hydrogen-bond acceptors (Lipinski definition) is 0. The van der Waals surface area contributed by atoms with Gasteiger partial charge in [-0.15, -0.1) is 0 Å². The molecule has 0 radical (unpaired) electrons. The lowest BCUT2D eigenvalue weighted by atomic mass is 10.1. The van der Waals surface area contributed by atoms with Gasteiger partial charge < -0.3 is 0 Å². The summed E-state index contributed by atoms with van der Waals surface area (Å²) in [5.41, 5.74) is 2.77. The Morgan fingerprint density at radius 2 is 1.73 bits per heavy atom. The first kappa shape index (κ1) is 10.2. The van der Waals surface area contributed by atoms with E-state index in [2.05, 4.69) is 81.0 Å². The van der Waals surface area contributed by atoms with Gasteiger partial charge in [-0.25, -0.2) is 0 Å². The second kappa shape index (κ2) is 3.91. The third-order valence-electron chi connectivity index (χ3n) is 1.71. The van der Waals surface area contributed by atoms with Gasteiger partial charge in [0, 0.05) is 11.6 Å². The van der Waals surface area contributed by atoms with E-state index in [1.807, 2.05) is 0 Å². The van der Waals surface area contributed by atoms with Crippen LogP contribution in [0.4, 0.5) is 0 Å². The molecule has 0 saturated heterocycles. The lowest BCUT2D eigenvalue weighted by molar-refractivity contribution is 1.27. The molecule has 3 heteroatoms. The minimum absolute atomic E-state index is 1.20. The second-order valence-corrected chi connectivity index (χ2v) is 5.50. The molecule has 0 unspecified atom stereocenters. The maximum Gasteiger partial charge on any atom is 0.0322 e. The average molecular weight is 437 g/mol. The summed E-state index contributed by atoms with van der Waals surface area (Å²) < 4.78 is 3.85. The van der Waals surface area contributed by atoms with Crippen LogP contribution in [-0.2, 0) is 0 Å². The fourth-order valence-electron chi connectivity index (χ4n) is 0.806. The molecular formula is C8H7BrI2. The van der Waals surface area contributed by atoms with E-state index < -0.39 is 0 Å². The first-order valence-electron chi connectivity index (χ1n) is 3.14. The Bertz CT molecular complexity index is 268. The quantitative estimate of drug-likeness (QED) is 0.421. The predicted molar refractivity (Wildman–Crippen MR) is 69.1 cm³/mol. The molecule has 0 atom stereocenters. The van der Waals surface area contributed by atoms with Crippen molar-refractivity contribution in [3.63, 3.8) is 0 Å². The summed E-state index contributed by atoms with van der Waals surface area (Å²) in [5, 5.41) is 0. The molecule has 60 valence electrons. The molecule has 0 aliphatic rings. The van der Waals surface area contributed by atoms with Crippen LogP contribution in [0.2, 0.25) is 0 Å². The summed E-state index contributed by atoms with van der Waals surface area (Å²) in [6, 6.07) is 2.16. The van der Waals surface area contributed by atoms with E-state index in [0.717, 1.165) is 0 Å². The molecule has 0 bridgehead atoms. The van der Waals surface area contributed by atoms with E-state index in [9.17, 15) is 0 Å². The molecule has 1 rings (SSSR count). The Kier molecular flexibility index (Phi) is 3.64. The van der Waals surface area contributed by atoms with Gasteiger partial charge in [-0.3, -0.25) is 0 Å². The summed E-state index contributed by atoms with van der Waals surface area (Å²) in [4.78, 5) is 0. The van der Waals surface area contributed by atoms with Gasteiger partial charge in [0.1, 0.15) is 0 Å². The molecule has 0 heterocycles. The fourth-order valence-corrected chi connectivity index (χ4v) is 3.04. The second-order valence-electron chi connectivity index (χ2n) is 2.40. The van der Waals surface area contributed by atoms with Gasteiger partial charge >= 0.3 is 0 Å². The Labute approximate surface area is 103 Å². The van der Waals surface area contributed by atoms with Crippen molar-refractivity contribution in [1.82, 2.24) is 0 Å². The van der Waals surface area contributed by atoms with Crippen LogP contribution in [0.5, 0.6) is 0 Å². The molecule has 0 N–H and O–H groups in total. The van der Waals surface area contributed by atoms with Crippen molar-refractivity contribution in [2.75, 3.05) is 0 Å². The van der Waals surface area contributed by atoms with Crippen LogP contribution < -0.4 is 0 Å². The fraction of sp³-hybridized carbons (Fsp3) is 0.250. The van der Waals surface area contributed by atoms with Gasteiger partial charge in [0.25, 0.3) is 0 Å². The third-order valence-corrected chi connectivity index (χ3v) is 5.59. The molecule has 11 heavy (non-hydrogen) atoms. The monoisotopic (exact) mass is 436 g/mol. The maximum atomic E-state index is 3.52. The van der Waals surface area contributed by atoms with E-state index >= 15 is 0 Å². The van der Waals surface area contributed by atoms with Gasteiger partial charge in [-0.2, -0.15) is 0 Å². The lowest BCUT2D eigenvalue weighted by Crippen LogP contribution is -1.90. The topological polar surface area (TPSA) is 0 Å². The van der Waals surface area contributed by atoms with E-state index in [1.165, 1.54) is 22.7 Å². The SMILES string of the molecule is Cc1c(I)cc(Br)c(I)c1C. The van der Waals surface area contributed by atoms with Crippen molar-refractivity contribution in [3.05, 3.63) is 28.8 Å². The minimum atomic E-state index is 1.20. The highest BCUT2D eigenvalue weighted by Crippen LogP contribution is 2.28. The van der Waals surface area contributed by atoms with Gasteiger partial charge in [0.05, 0.1) is 0 Å². The van der Waals surface area contributed by atoms with Crippen molar-refractivity contribution in [2.45, 2.75) is 13.8 Å². The molecule has 0 aliphatic carbocycles. The molecule has 0 amide bonds. The molecule has 0 fully saturated rings. The van der Waals surface area contributed by atoms with Crippen LogP contribution in [0, 0.1) is 21.0 Å². The van der Waals surface area contributed by atoms with Crippen molar-refractivity contribution < 1.29 is 0 Å². The summed E-state index contributed by atoms with van der Waals surface area (Å²) in [6.07, 6.45) is 0. The average Bonchev–Trinajstić information content (AvgIpc) is 1.97. The molecule has 1 aromatic carbocycles. The zero-order valence-corrected chi connectivity index (χ0v) is 12.1. The molecule has 0 aliphatic heterocycles. The zero-order chi connectivity index (χ0) is 8.59. The standard InChI is InChI=1S/C8H7BrI2/c1-4-5(2)8(11)6(9)3-7(4)10/h3H,1-2H3. The first-order valence-corrected chi connectivity index (χ1v) is 6.09. The van der Waals surface area contributed by atoms with Crippen molar-refractivity contribution in [1.29, 1.82) is 0 Å². The van der Waals surface area contributed by atoms with Crippen LogP contribution >= 0.6 is 61.1 Å². The largest absolute Gasteiger partial charge is 0.0496 e. The van der Waals surface area contributed by atoms with E-state index in [4.69, 9.17) is 0 Å². The van der Waals surface area contributed by atoms with Gasteiger partial charge in [0.2, 0.25) is 0 Å². The van der Waals surface area contributed by atoms with Gasteiger partial charge in [0.15, 0.2) is 0 Å². The summed E-state index contributed by atoms with van der Waals surface area (Å²) in [6.45, 7) is 4.32. The van der Waals surface area contributed by atoms with Crippen LogP contribution in [-0.4, -0.2) is 0 Å². The summed E-state index contributed by atoms with van der Waals surface area (Å²) in [5.74, 6) is 0. The third kappa shape index (κ3) is 2.09. The van der Waals surface area contributed by atoms with E-state index in [1.54, 1.807) is 0 Å². The lowest BCUT2D eigenvalue weighted by Gasteiger charge is -2.07. The van der Waals surface area contributed by atoms with Crippen LogP contribution in [0.15, 0.2) is 10.5 Å². The predicted octanol–water partition coefficient (Wildman–Crippen LogP) is 4.28. The molecule has 1 aromatic rings. The normalized spacial score (nSPS) is 10.3. The first-order chi connectivity index (χ1) is 5.04. The highest BCUT2D eigenvalue weighted by Gasteiger charge is 2.05. The van der Waals surface area contributed by atoms with Gasteiger partial charge in [-0.05, 0) is 92.2 Å². The number of halogens is 3. The minimum Gasteiger partial charge on any atom is -0.0496 e. The molecule has 0 spiro atoms. The van der Waals surface area contributed by atoms with Crippen molar-refractivity contribution >= 4 is 61.1 Å². The maximum absolute atomic E-state index is 3.52. The van der Waals surface area contributed by atoms with Gasteiger partial charge in [-0.1, -0.05) is 0 Å². The molecule has 0 saturated carbocycles. The van der Waals surface area contributed by atoms with E-state index in [0.29, 0.717) is 0 Å². The van der Waals surface area contributed by atoms with Crippen LogP contribution in [0.3, 0.4) is 0 Å². The Hall–Kier alpha value is 1.16. The summed E-state index contributed by atoms with van der Waals surface area (Å²) >= 11 is 8.24. The van der Waals surface area contributed by atoms with Crippen LogP contribution in [0.1, 0.15) is 11.1 Å². The number of rotatable bonds is 0. The Balaban J connectivity index is 3.46. The number of hydrogen-bond donors (Lipinski definition) is 0. The molecule has 0 nitrogen and oxygen atoms in total. The van der Waals surface area contributed by atoms with Crippen LogP contribution in [0.25, 0.3) is 0 Å². The zero-order valence-electron chi connectivity index (χ0n) is 6.21. The Morgan fingerprint density at radius 3 is 2.27 bits per heavy atom.